The second-order valence-electron chi connectivity index (χ2n) is 5.16. The molecule has 0 heterocycles. The maximum atomic E-state index is 12.2. The molecule has 116 valence electrons. The number of rotatable bonds is 8. The van der Waals surface area contributed by atoms with Crippen LogP contribution in [0.1, 0.15) is 44.6 Å². The second kappa shape index (κ2) is 8.36. The summed E-state index contributed by atoms with van der Waals surface area (Å²) < 4.78 is 0. The quantitative estimate of drug-likeness (QED) is 0.567. The van der Waals surface area contributed by atoms with Gasteiger partial charge in [0.1, 0.15) is 0 Å². The van der Waals surface area contributed by atoms with E-state index in [1.165, 1.54) is 12.1 Å². The third-order valence-electron chi connectivity index (χ3n) is 3.51. The van der Waals surface area contributed by atoms with Crippen LogP contribution in [0, 0.1) is 10.1 Å². The van der Waals surface area contributed by atoms with Crippen molar-refractivity contribution in [2.45, 2.75) is 45.1 Å². The fraction of sp³-hybridized carbons (Fsp3) is 0.533. The molecular formula is C15H23N3O3. The molecule has 1 aromatic rings. The molecule has 2 atom stereocenters. The van der Waals surface area contributed by atoms with Gasteiger partial charge in [0.05, 0.1) is 10.8 Å². The predicted octanol–water partition coefficient (Wildman–Crippen LogP) is 2.33. The van der Waals surface area contributed by atoms with E-state index in [1.807, 2.05) is 0 Å². The van der Waals surface area contributed by atoms with Gasteiger partial charge in [-0.25, -0.2) is 0 Å². The second-order valence-corrected chi connectivity index (χ2v) is 5.16. The Bertz CT molecular complexity index is 491. The standard InChI is InChI=1S/C15H23N3O3/c1-3-4-7-13(10-16)17-15(19)11(2)12-6-5-8-14(9-12)18(20)21/h5-6,8-9,11,13H,3-4,7,10,16H2,1-2H3,(H,17,19). The van der Waals surface area contributed by atoms with Crippen LogP contribution in [0.2, 0.25) is 0 Å². The summed E-state index contributed by atoms with van der Waals surface area (Å²) in [6, 6.07) is 6.12. The number of non-ortho nitro benzene ring substituents is 1. The Hall–Kier alpha value is -1.95. The number of carbonyl (C=O) groups is 1. The first-order chi connectivity index (χ1) is 9.99. The van der Waals surface area contributed by atoms with Crippen molar-refractivity contribution >= 4 is 11.6 Å². The van der Waals surface area contributed by atoms with E-state index in [4.69, 9.17) is 5.73 Å². The molecule has 0 aliphatic heterocycles. The molecule has 0 radical (unpaired) electrons. The summed E-state index contributed by atoms with van der Waals surface area (Å²) in [7, 11) is 0. The van der Waals surface area contributed by atoms with E-state index in [0.29, 0.717) is 12.1 Å². The van der Waals surface area contributed by atoms with Crippen molar-refractivity contribution in [3.05, 3.63) is 39.9 Å². The van der Waals surface area contributed by atoms with E-state index < -0.39 is 10.8 Å². The summed E-state index contributed by atoms with van der Waals surface area (Å²) in [6.45, 7) is 4.22. The topological polar surface area (TPSA) is 98.3 Å². The fourth-order valence-electron chi connectivity index (χ4n) is 2.08. The van der Waals surface area contributed by atoms with Crippen LogP contribution in [0.4, 0.5) is 5.69 Å². The number of hydrogen-bond donors (Lipinski definition) is 2. The average molecular weight is 293 g/mol. The van der Waals surface area contributed by atoms with E-state index in [9.17, 15) is 14.9 Å². The number of amides is 1. The number of nitrogens with two attached hydrogens (primary N) is 1. The van der Waals surface area contributed by atoms with E-state index in [0.717, 1.165) is 19.3 Å². The first-order valence-corrected chi connectivity index (χ1v) is 7.24. The summed E-state index contributed by atoms with van der Waals surface area (Å²) in [6.07, 6.45) is 2.90. The Morgan fingerprint density at radius 3 is 2.76 bits per heavy atom. The molecule has 3 N–H and O–H groups in total. The number of hydrogen-bond acceptors (Lipinski definition) is 4. The number of nitrogens with one attached hydrogen (secondary N) is 1. The summed E-state index contributed by atoms with van der Waals surface area (Å²) in [5, 5.41) is 13.7. The van der Waals surface area contributed by atoms with Gasteiger partial charge in [-0.1, -0.05) is 31.9 Å². The number of carbonyl (C=O) groups excluding carboxylic acids is 1. The molecule has 0 aliphatic rings. The van der Waals surface area contributed by atoms with Crippen molar-refractivity contribution in [3.63, 3.8) is 0 Å². The summed E-state index contributed by atoms with van der Waals surface area (Å²) in [5.74, 6) is -0.595. The Balaban J connectivity index is 2.73. The molecule has 1 amide bonds. The van der Waals surface area contributed by atoms with E-state index in [2.05, 4.69) is 12.2 Å². The lowest BCUT2D eigenvalue weighted by Gasteiger charge is -2.19. The summed E-state index contributed by atoms with van der Waals surface area (Å²) in [4.78, 5) is 22.5. The fourth-order valence-corrected chi connectivity index (χ4v) is 2.08. The van der Waals surface area contributed by atoms with Crippen LogP contribution in [0.25, 0.3) is 0 Å². The number of nitro benzene ring substituents is 1. The lowest BCUT2D eigenvalue weighted by atomic mass is 9.99. The Kier molecular flexibility index (Phi) is 6.81. The third kappa shape index (κ3) is 5.15. The van der Waals surface area contributed by atoms with Crippen LogP contribution in [0.5, 0.6) is 0 Å². The first-order valence-electron chi connectivity index (χ1n) is 7.24. The molecule has 0 saturated heterocycles. The van der Waals surface area contributed by atoms with Gasteiger partial charge in [0.25, 0.3) is 5.69 Å². The minimum Gasteiger partial charge on any atom is -0.352 e. The smallest absolute Gasteiger partial charge is 0.269 e. The maximum Gasteiger partial charge on any atom is 0.269 e. The molecule has 0 spiro atoms. The van der Waals surface area contributed by atoms with Crippen LogP contribution < -0.4 is 11.1 Å². The third-order valence-corrected chi connectivity index (χ3v) is 3.51. The van der Waals surface area contributed by atoms with Crippen LogP contribution in [-0.2, 0) is 4.79 Å². The molecule has 21 heavy (non-hydrogen) atoms. The zero-order valence-corrected chi connectivity index (χ0v) is 12.5. The van der Waals surface area contributed by atoms with Crippen LogP contribution in [0.15, 0.2) is 24.3 Å². The van der Waals surface area contributed by atoms with Gasteiger partial charge in [0.2, 0.25) is 5.91 Å². The monoisotopic (exact) mass is 293 g/mol. The highest BCUT2D eigenvalue weighted by Gasteiger charge is 2.20. The predicted molar refractivity (Wildman–Crippen MR) is 82.0 cm³/mol. The molecule has 2 unspecified atom stereocenters. The van der Waals surface area contributed by atoms with Gasteiger partial charge >= 0.3 is 0 Å². The average Bonchev–Trinajstić information content (AvgIpc) is 2.50. The van der Waals surface area contributed by atoms with Crippen molar-refractivity contribution < 1.29 is 9.72 Å². The number of nitrogens with zero attached hydrogens (tertiary/aromatic N) is 1. The van der Waals surface area contributed by atoms with Crippen molar-refractivity contribution in [2.75, 3.05) is 6.54 Å². The lowest BCUT2D eigenvalue weighted by Crippen LogP contribution is -2.42. The van der Waals surface area contributed by atoms with Crippen molar-refractivity contribution in [3.8, 4) is 0 Å². The SMILES string of the molecule is CCCCC(CN)NC(=O)C(C)c1cccc([N+](=O)[O-])c1. The van der Waals surface area contributed by atoms with Gasteiger partial charge in [-0.2, -0.15) is 0 Å². The lowest BCUT2D eigenvalue weighted by molar-refractivity contribution is -0.384. The van der Waals surface area contributed by atoms with E-state index in [-0.39, 0.29) is 17.6 Å². The van der Waals surface area contributed by atoms with Crippen molar-refractivity contribution in [1.82, 2.24) is 5.32 Å². The Labute approximate surface area is 124 Å². The van der Waals surface area contributed by atoms with E-state index in [1.54, 1.807) is 19.1 Å². The van der Waals surface area contributed by atoms with Gasteiger partial charge in [0.15, 0.2) is 0 Å². The van der Waals surface area contributed by atoms with Crippen LogP contribution >= 0.6 is 0 Å². The molecule has 0 saturated carbocycles. The molecule has 0 aliphatic carbocycles. The first kappa shape index (κ1) is 17.1. The number of unbranched alkanes of at least 4 members (excludes halogenated alkanes) is 1. The van der Waals surface area contributed by atoms with Gasteiger partial charge in [-0.3, -0.25) is 14.9 Å². The molecule has 1 rings (SSSR count). The largest absolute Gasteiger partial charge is 0.352 e. The minimum absolute atomic E-state index is 0.00601. The highest BCUT2D eigenvalue weighted by atomic mass is 16.6. The summed E-state index contributed by atoms with van der Waals surface area (Å²) >= 11 is 0. The molecular weight excluding hydrogens is 270 g/mol. The zero-order chi connectivity index (χ0) is 15.8. The number of nitro groups is 1. The van der Waals surface area contributed by atoms with E-state index >= 15 is 0 Å². The van der Waals surface area contributed by atoms with Crippen molar-refractivity contribution in [1.29, 1.82) is 0 Å². The highest BCUT2D eigenvalue weighted by molar-refractivity contribution is 5.83. The number of benzene rings is 1. The molecule has 6 nitrogen and oxygen atoms in total. The van der Waals surface area contributed by atoms with Gasteiger partial charge in [0, 0.05) is 24.7 Å². The van der Waals surface area contributed by atoms with Crippen LogP contribution in [-0.4, -0.2) is 23.4 Å². The molecule has 6 heteroatoms. The summed E-state index contributed by atoms with van der Waals surface area (Å²) in [5.41, 5.74) is 6.29. The Morgan fingerprint density at radius 1 is 1.48 bits per heavy atom. The van der Waals surface area contributed by atoms with Gasteiger partial charge in [-0.15, -0.1) is 0 Å². The van der Waals surface area contributed by atoms with Crippen molar-refractivity contribution in [2.24, 2.45) is 5.73 Å². The molecule has 0 fully saturated rings. The van der Waals surface area contributed by atoms with Gasteiger partial charge in [-0.05, 0) is 18.9 Å². The maximum absolute atomic E-state index is 12.2. The van der Waals surface area contributed by atoms with Crippen LogP contribution in [0.3, 0.4) is 0 Å². The minimum atomic E-state index is -0.460. The molecule has 0 aromatic heterocycles. The van der Waals surface area contributed by atoms with Gasteiger partial charge < -0.3 is 11.1 Å². The molecule has 1 aromatic carbocycles. The highest BCUT2D eigenvalue weighted by Crippen LogP contribution is 2.21. The molecule has 0 bridgehead atoms. The zero-order valence-electron chi connectivity index (χ0n) is 12.5. The normalized spacial score (nSPS) is 13.5. The Morgan fingerprint density at radius 2 is 2.19 bits per heavy atom.